The molecule has 1 aromatic carbocycles. The third-order valence-electron chi connectivity index (χ3n) is 5.58. The van der Waals surface area contributed by atoms with E-state index in [9.17, 15) is 14.0 Å². The second-order valence-electron chi connectivity index (χ2n) is 7.48. The molecule has 2 aliphatic rings. The maximum Gasteiger partial charge on any atom is 0.252 e. The quantitative estimate of drug-likeness (QED) is 0.774. The number of nitrogens with two attached hydrogens (primary N) is 1. The highest BCUT2D eigenvalue weighted by Crippen LogP contribution is 2.32. The summed E-state index contributed by atoms with van der Waals surface area (Å²) in [5, 5.41) is 7.67. The van der Waals surface area contributed by atoms with Gasteiger partial charge >= 0.3 is 0 Å². The summed E-state index contributed by atoms with van der Waals surface area (Å²) in [7, 11) is 0. The average molecular weight is 421 g/mol. The SMILES string of the molecule is NC(=O)c1c(-c2ccc(F)c(Cl)c2)nn2c1CNCC2C(=O)CC1CCOCC1. The number of hydrogen-bond acceptors (Lipinski definition) is 5. The van der Waals surface area contributed by atoms with Gasteiger partial charge in [0.1, 0.15) is 17.6 Å². The number of Topliss-reactive ketones (excluding diaryl/α,β-unsaturated/α-hetero) is 1. The third kappa shape index (κ3) is 3.92. The van der Waals surface area contributed by atoms with E-state index >= 15 is 0 Å². The predicted molar refractivity (Wildman–Crippen MR) is 105 cm³/mol. The Kier molecular flexibility index (Phi) is 5.67. The summed E-state index contributed by atoms with van der Waals surface area (Å²) >= 11 is 5.91. The first-order valence-electron chi connectivity index (χ1n) is 9.63. The molecule has 2 aromatic rings. The van der Waals surface area contributed by atoms with Crippen molar-refractivity contribution in [2.45, 2.75) is 31.8 Å². The topological polar surface area (TPSA) is 99.2 Å². The van der Waals surface area contributed by atoms with Gasteiger partial charge < -0.3 is 15.8 Å². The standard InChI is InChI=1S/C20H22ClFN4O3/c21-13-8-12(1-2-14(13)22)19-18(20(23)28)16-10-24-9-15(26(16)25-19)17(27)7-11-3-5-29-6-4-11/h1-2,8,11,15,24H,3-7,9-10H2,(H2,23,28). The predicted octanol–water partition coefficient (Wildman–Crippen LogP) is 2.47. The van der Waals surface area contributed by atoms with Gasteiger partial charge in [-0.25, -0.2) is 4.39 Å². The zero-order valence-electron chi connectivity index (χ0n) is 15.8. The summed E-state index contributed by atoms with van der Waals surface area (Å²) in [4.78, 5) is 25.2. The number of halogens is 2. The molecule has 1 atom stereocenters. The number of carbonyl (C=O) groups excluding carboxylic acids is 2. The van der Waals surface area contributed by atoms with Crippen molar-refractivity contribution in [3.05, 3.63) is 40.3 Å². The first kappa shape index (κ1) is 20.0. The van der Waals surface area contributed by atoms with Crippen LogP contribution < -0.4 is 11.1 Å². The van der Waals surface area contributed by atoms with Crippen LogP contribution in [0.5, 0.6) is 0 Å². The van der Waals surface area contributed by atoms with Gasteiger partial charge in [0, 0.05) is 38.3 Å². The van der Waals surface area contributed by atoms with Gasteiger partial charge in [-0.15, -0.1) is 0 Å². The van der Waals surface area contributed by atoms with Crippen molar-refractivity contribution in [2.75, 3.05) is 19.8 Å². The normalized spacial score (nSPS) is 19.7. The maximum atomic E-state index is 13.6. The molecule has 0 aliphatic carbocycles. The zero-order chi connectivity index (χ0) is 20.5. The van der Waals surface area contributed by atoms with Crippen LogP contribution in [-0.4, -0.2) is 41.2 Å². The summed E-state index contributed by atoms with van der Waals surface area (Å²) in [5.74, 6) is -0.858. The molecule has 3 heterocycles. The number of rotatable bonds is 5. The number of amides is 1. The number of aromatic nitrogens is 2. The van der Waals surface area contributed by atoms with Crippen molar-refractivity contribution in [1.29, 1.82) is 0 Å². The number of ether oxygens (including phenoxy) is 1. The van der Waals surface area contributed by atoms with E-state index in [1.807, 2.05) is 0 Å². The lowest BCUT2D eigenvalue weighted by molar-refractivity contribution is -0.124. The van der Waals surface area contributed by atoms with E-state index in [1.54, 1.807) is 4.68 Å². The van der Waals surface area contributed by atoms with Crippen LogP contribution in [0.2, 0.25) is 5.02 Å². The zero-order valence-corrected chi connectivity index (χ0v) is 16.5. The molecule has 29 heavy (non-hydrogen) atoms. The van der Waals surface area contributed by atoms with Gasteiger partial charge in [-0.1, -0.05) is 11.6 Å². The molecule has 7 nitrogen and oxygen atoms in total. The molecule has 1 saturated heterocycles. The Bertz CT molecular complexity index is 955. The summed E-state index contributed by atoms with van der Waals surface area (Å²) in [5.41, 5.74) is 7.20. The molecule has 0 spiro atoms. The molecule has 1 unspecified atom stereocenters. The minimum atomic E-state index is -0.652. The van der Waals surface area contributed by atoms with E-state index in [0.717, 1.165) is 12.8 Å². The van der Waals surface area contributed by atoms with E-state index < -0.39 is 17.8 Å². The fourth-order valence-corrected chi connectivity index (χ4v) is 4.22. The molecular weight excluding hydrogens is 399 g/mol. The Morgan fingerprint density at radius 1 is 1.34 bits per heavy atom. The van der Waals surface area contributed by atoms with Gasteiger partial charge in [0.15, 0.2) is 5.78 Å². The monoisotopic (exact) mass is 420 g/mol. The van der Waals surface area contributed by atoms with Crippen LogP contribution in [0.4, 0.5) is 4.39 Å². The van der Waals surface area contributed by atoms with Gasteiger partial charge in [-0.2, -0.15) is 5.10 Å². The molecule has 4 rings (SSSR count). The molecule has 0 radical (unpaired) electrons. The number of carbonyl (C=O) groups is 2. The lowest BCUT2D eigenvalue weighted by Gasteiger charge is -2.27. The van der Waals surface area contributed by atoms with Gasteiger partial charge in [-0.05, 0) is 37.0 Å². The van der Waals surface area contributed by atoms with Crippen molar-refractivity contribution < 1.29 is 18.7 Å². The largest absolute Gasteiger partial charge is 0.381 e. The summed E-state index contributed by atoms with van der Waals surface area (Å²) in [6, 6.07) is 3.59. The van der Waals surface area contributed by atoms with E-state index in [2.05, 4.69) is 10.4 Å². The maximum absolute atomic E-state index is 13.6. The minimum Gasteiger partial charge on any atom is -0.381 e. The Balaban J connectivity index is 1.70. The van der Waals surface area contributed by atoms with Crippen molar-refractivity contribution in [3.8, 4) is 11.3 Å². The number of nitrogens with zero attached hydrogens (tertiary/aromatic N) is 2. The fourth-order valence-electron chi connectivity index (χ4n) is 4.04. The Morgan fingerprint density at radius 2 is 2.10 bits per heavy atom. The van der Waals surface area contributed by atoms with Crippen LogP contribution in [0.1, 0.15) is 41.4 Å². The van der Waals surface area contributed by atoms with Crippen molar-refractivity contribution >= 4 is 23.3 Å². The number of nitrogens with one attached hydrogen (secondary N) is 1. The molecule has 2 aliphatic heterocycles. The molecule has 1 amide bonds. The van der Waals surface area contributed by atoms with Crippen molar-refractivity contribution in [2.24, 2.45) is 11.7 Å². The average Bonchev–Trinajstić information content (AvgIpc) is 3.10. The fraction of sp³-hybridized carbons (Fsp3) is 0.450. The number of benzene rings is 1. The second kappa shape index (κ2) is 8.22. The Morgan fingerprint density at radius 3 is 2.79 bits per heavy atom. The Hall–Kier alpha value is -2.29. The van der Waals surface area contributed by atoms with Gasteiger partial charge in [-0.3, -0.25) is 14.3 Å². The number of ketones is 1. The molecule has 154 valence electrons. The van der Waals surface area contributed by atoms with Crippen LogP contribution in [0, 0.1) is 11.7 Å². The molecule has 9 heteroatoms. The highest BCUT2D eigenvalue weighted by atomic mass is 35.5. The summed E-state index contributed by atoms with van der Waals surface area (Å²) in [6.07, 6.45) is 2.17. The third-order valence-corrected chi connectivity index (χ3v) is 5.87. The van der Waals surface area contributed by atoms with E-state index in [-0.39, 0.29) is 16.4 Å². The molecule has 3 N–H and O–H groups in total. The molecule has 1 fully saturated rings. The molecule has 0 bridgehead atoms. The first-order valence-corrected chi connectivity index (χ1v) is 10.0. The van der Waals surface area contributed by atoms with E-state index in [0.29, 0.717) is 55.6 Å². The van der Waals surface area contributed by atoms with E-state index in [1.165, 1.54) is 18.2 Å². The number of primary amides is 1. The molecule has 1 aromatic heterocycles. The summed E-state index contributed by atoms with van der Waals surface area (Å²) in [6.45, 7) is 2.14. The lowest BCUT2D eigenvalue weighted by Crippen LogP contribution is -2.39. The molecule has 0 saturated carbocycles. The lowest BCUT2D eigenvalue weighted by atomic mass is 9.91. The second-order valence-corrected chi connectivity index (χ2v) is 7.89. The summed E-state index contributed by atoms with van der Waals surface area (Å²) < 4.78 is 20.5. The van der Waals surface area contributed by atoms with Crippen LogP contribution in [-0.2, 0) is 16.1 Å². The van der Waals surface area contributed by atoms with Gasteiger partial charge in [0.05, 0.1) is 16.3 Å². The first-order chi connectivity index (χ1) is 14.0. The van der Waals surface area contributed by atoms with Crippen LogP contribution >= 0.6 is 11.6 Å². The van der Waals surface area contributed by atoms with Crippen molar-refractivity contribution in [1.82, 2.24) is 15.1 Å². The van der Waals surface area contributed by atoms with Crippen LogP contribution in [0.15, 0.2) is 18.2 Å². The minimum absolute atomic E-state index is 0.0626. The van der Waals surface area contributed by atoms with Gasteiger partial charge in [0.25, 0.3) is 5.91 Å². The highest BCUT2D eigenvalue weighted by molar-refractivity contribution is 6.31. The highest BCUT2D eigenvalue weighted by Gasteiger charge is 2.34. The van der Waals surface area contributed by atoms with Crippen LogP contribution in [0.25, 0.3) is 11.3 Å². The van der Waals surface area contributed by atoms with E-state index in [4.69, 9.17) is 22.1 Å². The Labute approximate surface area is 172 Å². The smallest absolute Gasteiger partial charge is 0.252 e. The molecular formula is C20H22ClFN4O3. The number of hydrogen-bond donors (Lipinski definition) is 2. The number of fused-ring (bicyclic) bond motifs is 1. The van der Waals surface area contributed by atoms with Gasteiger partial charge in [0.2, 0.25) is 0 Å². The van der Waals surface area contributed by atoms with Crippen molar-refractivity contribution in [3.63, 3.8) is 0 Å². The van der Waals surface area contributed by atoms with Crippen LogP contribution in [0.3, 0.4) is 0 Å².